The summed E-state index contributed by atoms with van der Waals surface area (Å²) in [6.07, 6.45) is 1.78. The van der Waals surface area contributed by atoms with Crippen molar-refractivity contribution in [3.8, 4) is 11.5 Å². The van der Waals surface area contributed by atoms with Gasteiger partial charge >= 0.3 is 5.97 Å². The number of carbonyl (C=O) groups is 1. The molecular formula is C20H22O6. The number of rotatable bonds is 4. The molecule has 1 aliphatic carbocycles. The highest BCUT2D eigenvalue weighted by Crippen LogP contribution is 2.49. The van der Waals surface area contributed by atoms with E-state index in [0.29, 0.717) is 35.1 Å². The predicted molar refractivity (Wildman–Crippen MR) is 96.6 cm³/mol. The molecule has 2 atom stereocenters. The number of carboxylic acids is 1. The van der Waals surface area contributed by atoms with Gasteiger partial charge in [-0.25, -0.2) is 4.79 Å². The first kappa shape index (κ1) is 18.1. The average molecular weight is 358 g/mol. The van der Waals surface area contributed by atoms with Gasteiger partial charge in [-0.2, -0.15) is 0 Å². The van der Waals surface area contributed by atoms with E-state index in [1.54, 1.807) is 20.1 Å². The smallest absolute Gasteiger partial charge is 0.331 e. The summed E-state index contributed by atoms with van der Waals surface area (Å²) in [5.41, 5.74) is 0.129. The Morgan fingerprint density at radius 3 is 2.69 bits per heavy atom. The quantitative estimate of drug-likeness (QED) is 0.574. The maximum absolute atomic E-state index is 11.2. The molecule has 3 rings (SSSR count). The molecule has 0 bridgehead atoms. The second-order valence-electron chi connectivity index (χ2n) is 6.73. The van der Waals surface area contributed by atoms with Crippen LogP contribution in [0.5, 0.6) is 11.5 Å². The number of benzene rings is 2. The molecule has 2 aromatic carbocycles. The molecule has 3 N–H and O–H groups in total. The second kappa shape index (κ2) is 6.53. The Kier molecular flexibility index (Phi) is 4.54. The normalized spacial score (nSPS) is 22.8. The third-order valence-corrected chi connectivity index (χ3v) is 5.06. The maximum atomic E-state index is 11.2. The van der Waals surface area contributed by atoms with Crippen molar-refractivity contribution in [3.05, 3.63) is 47.2 Å². The highest BCUT2D eigenvalue weighted by molar-refractivity contribution is 5.96. The third kappa shape index (κ3) is 2.86. The molecule has 0 fully saturated rings. The zero-order chi connectivity index (χ0) is 19.1. The molecule has 1 aliphatic rings. The lowest BCUT2D eigenvalue weighted by molar-refractivity contribution is -0.131. The first-order valence-electron chi connectivity index (χ1n) is 8.32. The van der Waals surface area contributed by atoms with E-state index in [-0.39, 0.29) is 11.5 Å². The molecule has 26 heavy (non-hydrogen) atoms. The van der Waals surface area contributed by atoms with Crippen molar-refractivity contribution in [1.82, 2.24) is 0 Å². The predicted octanol–water partition coefficient (Wildman–Crippen LogP) is 2.95. The van der Waals surface area contributed by atoms with E-state index in [1.165, 1.54) is 7.11 Å². The Bertz CT molecular complexity index is 897. The molecule has 0 unspecified atom stereocenters. The Morgan fingerprint density at radius 1 is 1.35 bits per heavy atom. The van der Waals surface area contributed by atoms with E-state index in [9.17, 15) is 15.0 Å². The van der Waals surface area contributed by atoms with Crippen LogP contribution in [0.4, 0.5) is 0 Å². The SMILES string of the molecule is CO/C(=C\C(=O)O)[C@@H]1c2cc3cccc(OC)c3c(O)c2CC[C@]1(C)O. The molecular weight excluding hydrogens is 336 g/mol. The van der Waals surface area contributed by atoms with E-state index in [1.807, 2.05) is 18.2 Å². The van der Waals surface area contributed by atoms with Crippen LogP contribution in [0.3, 0.4) is 0 Å². The number of ether oxygens (including phenoxy) is 2. The largest absolute Gasteiger partial charge is 0.507 e. The minimum absolute atomic E-state index is 0.0984. The lowest BCUT2D eigenvalue weighted by Crippen LogP contribution is -2.39. The summed E-state index contributed by atoms with van der Waals surface area (Å²) in [5.74, 6) is -1.05. The highest BCUT2D eigenvalue weighted by atomic mass is 16.5. The molecule has 6 nitrogen and oxygen atoms in total. The molecule has 2 aromatic rings. The van der Waals surface area contributed by atoms with Gasteiger partial charge in [-0.3, -0.25) is 0 Å². The summed E-state index contributed by atoms with van der Waals surface area (Å²) in [6, 6.07) is 7.29. The Morgan fingerprint density at radius 2 is 2.08 bits per heavy atom. The van der Waals surface area contributed by atoms with Crippen LogP contribution in [0, 0.1) is 0 Å². The molecule has 0 spiro atoms. The number of hydrogen-bond donors (Lipinski definition) is 3. The number of carboxylic acid groups (broad SMARTS) is 1. The van der Waals surface area contributed by atoms with Crippen LogP contribution in [-0.2, 0) is 16.0 Å². The summed E-state index contributed by atoms with van der Waals surface area (Å²) < 4.78 is 10.7. The molecule has 0 saturated carbocycles. The molecule has 0 radical (unpaired) electrons. The topological polar surface area (TPSA) is 96.2 Å². The van der Waals surface area contributed by atoms with Gasteiger partial charge in [0.15, 0.2) is 0 Å². The fourth-order valence-electron chi connectivity index (χ4n) is 3.85. The minimum Gasteiger partial charge on any atom is -0.507 e. The monoisotopic (exact) mass is 358 g/mol. The highest BCUT2D eigenvalue weighted by Gasteiger charge is 2.42. The second-order valence-corrected chi connectivity index (χ2v) is 6.73. The number of aromatic hydroxyl groups is 1. The molecule has 0 aliphatic heterocycles. The van der Waals surface area contributed by atoms with Crippen LogP contribution >= 0.6 is 0 Å². The van der Waals surface area contributed by atoms with Crippen LogP contribution in [0.1, 0.15) is 30.4 Å². The third-order valence-electron chi connectivity index (χ3n) is 5.06. The molecule has 138 valence electrons. The number of methoxy groups -OCH3 is 2. The first-order chi connectivity index (χ1) is 12.3. The van der Waals surface area contributed by atoms with Gasteiger partial charge in [-0.15, -0.1) is 0 Å². The zero-order valence-corrected chi connectivity index (χ0v) is 14.9. The van der Waals surface area contributed by atoms with E-state index in [2.05, 4.69) is 0 Å². The summed E-state index contributed by atoms with van der Waals surface area (Å²) >= 11 is 0. The van der Waals surface area contributed by atoms with Gasteiger partial charge in [0.1, 0.15) is 17.3 Å². The van der Waals surface area contributed by atoms with Crippen molar-refractivity contribution in [2.75, 3.05) is 14.2 Å². The van der Waals surface area contributed by atoms with Crippen LogP contribution in [0.15, 0.2) is 36.1 Å². The lowest BCUT2D eigenvalue weighted by atomic mass is 9.70. The molecule has 0 heterocycles. The van der Waals surface area contributed by atoms with Crippen LogP contribution < -0.4 is 4.74 Å². The van der Waals surface area contributed by atoms with Gasteiger partial charge in [0.2, 0.25) is 0 Å². The number of phenols is 1. The standard InChI is InChI=1S/C20H22O6/c1-20(24)8-7-12-13(18(20)15(26-3)10-16(21)22)9-11-5-4-6-14(25-2)17(11)19(12)23/h4-6,9-10,18,23-24H,7-8H2,1-3H3,(H,21,22)/b15-10-/t18-,20-/m0/s1. The Hall–Kier alpha value is -2.73. The molecule has 6 heteroatoms. The summed E-state index contributed by atoms with van der Waals surface area (Å²) in [5, 5.41) is 32.3. The lowest BCUT2D eigenvalue weighted by Gasteiger charge is -2.39. The average Bonchev–Trinajstić information content (AvgIpc) is 2.58. The van der Waals surface area contributed by atoms with Crippen molar-refractivity contribution in [2.45, 2.75) is 31.3 Å². The van der Waals surface area contributed by atoms with E-state index >= 15 is 0 Å². The van der Waals surface area contributed by atoms with E-state index < -0.39 is 17.5 Å². The summed E-state index contributed by atoms with van der Waals surface area (Å²) in [6.45, 7) is 1.65. The summed E-state index contributed by atoms with van der Waals surface area (Å²) in [7, 11) is 2.92. The first-order valence-corrected chi connectivity index (χ1v) is 8.32. The fraction of sp³-hybridized carbons (Fsp3) is 0.350. The van der Waals surface area contributed by atoms with E-state index in [0.717, 1.165) is 11.5 Å². The van der Waals surface area contributed by atoms with Crippen molar-refractivity contribution in [2.24, 2.45) is 0 Å². The number of aliphatic carboxylic acids is 1. The number of hydrogen-bond acceptors (Lipinski definition) is 5. The van der Waals surface area contributed by atoms with Crippen LogP contribution in [0.2, 0.25) is 0 Å². The number of fused-ring (bicyclic) bond motifs is 2. The molecule has 0 aromatic heterocycles. The van der Waals surface area contributed by atoms with E-state index in [4.69, 9.17) is 14.6 Å². The zero-order valence-electron chi connectivity index (χ0n) is 14.9. The van der Waals surface area contributed by atoms with Gasteiger partial charge in [0, 0.05) is 0 Å². The van der Waals surface area contributed by atoms with Gasteiger partial charge < -0.3 is 24.8 Å². The minimum atomic E-state index is -1.21. The Balaban J connectivity index is 2.32. The number of aliphatic hydroxyl groups is 1. The summed E-state index contributed by atoms with van der Waals surface area (Å²) in [4.78, 5) is 11.2. The van der Waals surface area contributed by atoms with Crippen molar-refractivity contribution >= 4 is 16.7 Å². The van der Waals surface area contributed by atoms with Crippen LogP contribution in [-0.4, -0.2) is 41.1 Å². The van der Waals surface area contributed by atoms with Crippen LogP contribution in [0.25, 0.3) is 10.8 Å². The van der Waals surface area contributed by atoms with Gasteiger partial charge in [-0.1, -0.05) is 12.1 Å². The molecule has 0 amide bonds. The van der Waals surface area contributed by atoms with Gasteiger partial charge in [0.05, 0.1) is 37.2 Å². The maximum Gasteiger partial charge on any atom is 0.331 e. The van der Waals surface area contributed by atoms with Gasteiger partial charge in [0.25, 0.3) is 0 Å². The van der Waals surface area contributed by atoms with Crippen molar-refractivity contribution in [3.63, 3.8) is 0 Å². The molecule has 0 saturated heterocycles. The fourth-order valence-corrected chi connectivity index (χ4v) is 3.85. The van der Waals surface area contributed by atoms with Gasteiger partial charge in [-0.05, 0) is 48.4 Å². The van der Waals surface area contributed by atoms with Crippen molar-refractivity contribution in [1.29, 1.82) is 0 Å². The Labute approximate surface area is 151 Å². The van der Waals surface area contributed by atoms with Crippen molar-refractivity contribution < 1.29 is 29.6 Å². The number of phenolic OH excluding ortho intramolecular Hbond substituents is 1.